The van der Waals surface area contributed by atoms with Crippen LogP contribution < -0.4 is 9.80 Å². The molecule has 4 heteroatoms. The lowest BCUT2D eigenvalue weighted by Crippen LogP contribution is -2.11. The van der Waals surface area contributed by atoms with Gasteiger partial charge in [-0.25, -0.2) is 4.98 Å². The quantitative estimate of drug-likeness (QED) is 0.168. The zero-order valence-corrected chi connectivity index (χ0v) is 28.8. The molecule has 0 aliphatic heterocycles. The molecule has 1 heterocycles. The summed E-state index contributed by atoms with van der Waals surface area (Å²) in [4.78, 5) is 9.86. The Kier molecular flexibility index (Phi) is 7.43. The van der Waals surface area contributed by atoms with Crippen LogP contribution in [0.15, 0.2) is 205 Å². The summed E-state index contributed by atoms with van der Waals surface area (Å²) in [6.45, 7) is 0. The van der Waals surface area contributed by atoms with E-state index in [2.05, 4.69) is 180 Å². The van der Waals surface area contributed by atoms with Crippen molar-refractivity contribution < 1.29 is 4.42 Å². The smallest absolute Gasteiger partial charge is 0.227 e. The maximum atomic E-state index is 6.77. The molecule has 0 saturated heterocycles. The van der Waals surface area contributed by atoms with Crippen LogP contribution in [0.1, 0.15) is 0 Å². The third-order valence-corrected chi connectivity index (χ3v) is 9.97. The molecule has 9 aromatic carbocycles. The van der Waals surface area contributed by atoms with Crippen LogP contribution in [-0.4, -0.2) is 4.98 Å². The SMILES string of the molecule is c1ccc(-c2nc3c(N(c4ccccc4)c4ccc5ccccc5c4)cc4cc(N(c5ccccc5)c5ccc6ccccc6c5)ccc4c3o2)cc1. The Morgan fingerprint density at radius 3 is 1.43 bits per heavy atom. The van der Waals surface area contributed by atoms with Crippen LogP contribution in [0, 0.1) is 0 Å². The Balaban J connectivity index is 1.24. The molecule has 0 unspecified atom stereocenters. The molecular weight excluding hydrogens is 647 g/mol. The van der Waals surface area contributed by atoms with Crippen LogP contribution in [0.5, 0.6) is 0 Å². The normalized spacial score (nSPS) is 11.4. The van der Waals surface area contributed by atoms with Crippen molar-refractivity contribution in [3.63, 3.8) is 0 Å². The van der Waals surface area contributed by atoms with E-state index in [1.165, 1.54) is 21.5 Å². The number of oxazole rings is 1. The second-order valence-corrected chi connectivity index (χ2v) is 13.3. The van der Waals surface area contributed by atoms with Crippen LogP contribution in [0.3, 0.4) is 0 Å². The molecule has 1 aromatic heterocycles. The summed E-state index contributed by atoms with van der Waals surface area (Å²) in [5.74, 6) is 0.590. The highest BCUT2D eigenvalue weighted by Crippen LogP contribution is 2.45. The third-order valence-electron chi connectivity index (χ3n) is 9.97. The first kappa shape index (κ1) is 30.6. The Bertz CT molecular complexity index is 2900. The van der Waals surface area contributed by atoms with E-state index in [1.54, 1.807) is 0 Å². The van der Waals surface area contributed by atoms with E-state index in [0.29, 0.717) is 5.89 Å². The summed E-state index contributed by atoms with van der Waals surface area (Å²) in [6.07, 6.45) is 0. The van der Waals surface area contributed by atoms with Crippen LogP contribution in [0.25, 0.3) is 54.9 Å². The number of hydrogen-bond acceptors (Lipinski definition) is 4. The Labute approximate surface area is 307 Å². The first-order valence-electron chi connectivity index (χ1n) is 17.9. The van der Waals surface area contributed by atoms with Crippen molar-refractivity contribution in [3.8, 4) is 11.5 Å². The summed E-state index contributed by atoms with van der Waals surface area (Å²) in [6, 6.07) is 70.4. The van der Waals surface area contributed by atoms with E-state index >= 15 is 0 Å². The Morgan fingerprint density at radius 2 is 0.830 bits per heavy atom. The van der Waals surface area contributed by atoms with Gasteiger partial charge in [0.05, 0.1) is 5.69 Å². The molecule has 250 valence electrons. The van der Waals surface area contributed by atoms with Gasteiger partial charge in [-0.1, -0.05) is 115 Å². The highest BCUT2D eigenvalue weighted by atomic mass is 16.3. The number of benzene rings is 9. The highest BCUT2D eigenvalue weighted by Gasteiger charge is 2.23. The summed E-state index contributed by atoms with van der Waals surface area (Å²) in [5.41, 5.74) is 8.71. The number of rotatable bonds is 7. The molecule has 10 aromatic rings. The average molecular weight is 680 g/mol. The molecular formula is C49H33N3O. The first-order chi connectivity index (χ1) is 26.3. The minimum Gasteiger partial charge on any atom is -0.435 e. The molecule has 0 bridgehead atoms. The number of para-hydroxylation sites is 2. The minimum atomic E-state index is 0.590. The monoisotopic (exact) mass is 679 g/mol. The summed E-state index contributed by atoms with van der Waals surface area (Å²) < 4.78 is 6.77. The van der Waals surface area contributed by atoms with Gasteiger partial charge in [0.2, 0.25) is 5.89 Å². The lowest BCUT2D eigenvalue weighted by molar-refractivity contribution is 0.623. The lowest BCUT2D eigenvalue weighted by Gasteiger charge is -2.27. The van der Waals surface area contributed by atoms with Gasteiger partial charge >= 0.3 is 0 Å². The first-order valence-corrected chi connectivity index (χ1v) is 17.9. The number of nitrogens with zero attached hydrogens (tertiary/aromatic N) is 3. The fraction of sp³-hybridized carbons (Fsp3) is 0. The van der Waals surface area contributed by atoms with Gasteiger partial charge in [0, 0.05) is 39.4 Å². The van der Waals surface area contributed by atoms with Gasteiger partial charge in [-0.05, 0) is 112 Å². The predicted molar refractivity (Wildman–Crippen MR) is 221 cm³/mol. The molecule has 0 aliphatic rings. The molecule has 0 amide bonds. The molecule has 53 heavy (non-hydrogen) atoms. The Morgan fingerprint density at radius 1 is 0.358 bits per heavy atom. The van der Waals surface area contributed by atoms with Crippen molar-refractivity contribution in [2.45, 2.75) is 0 Å². The molecule has 0 aliphatic carbocycles. The average Bonchev–Trinajstić information content (AvgIpc) is 3.68. The number of aromatic nitrogens is 1. The van der Waals surface area contributed by atoms with Crippen LogP contribution in [0.2, 0.25) is 0 Å². The van der Waals surface area contributed by atoms with Gasteiger partial charge in [0.15, 0.2) is 5.58 Å². The fourth-order valence-corrected chi connectivity index (χ4v) is 7.44. The third kappa shape index (κ3) is 5.54. The lowest BCUT2D eigenvalue weighted by atomic mass is 10.0. The van der Waals surface area contributed by atoms with Gasteiger partial charge in [-0.2, -0.15) is 0 Å². The second kappa shape index (κ2) is 12.9. The van der Waals surface area contributed by atoms with Gasteiger partial charge in [0.25, 0.3) is 0 Å². The van der Waals surface area contributed by atoms with Crippen molar-refractivity contribution in [1.29, 1.82) is 0 Å². The zero-order chi connectivity index (χ0) is 35.1. The highest BCUT2D eigenvalue weighted by molar-refractivity contribution is 6.12. The molecule has 0 spiro atoms. The van der Waals surface area contributed by atoms with E-state index in [9.17, 15) is 0 Å². The van der Waals surface area contributed by atoms with Crippen LogP contribution >= 0.6 is 0 Å². The van der Waals surface area contributed by atoms with Crippen molar-refractivity contribution in [1.82, 2.24) is 4.98 Å². The predicted octanol–water partition coefficient (Wildman–Crippen LogP) is 13.9. The van der Waals surface area contributed by atoms with E-state index < -0.39 is 0 Å². The molecule has 0 N–H and O–H groups in total. The van der Waals surface area contributed by atoms with Gasteiger partial charge in [0.1, 0.15) is 5.52 Å². The van der Waals surface area contributed by atoms with Crippen LogP contribution in [-0.2, 0) is 0 Å². The van der Waals surface area contributed by atoms with Crippen LogP contribution in [0.4, 0.5) is 34.1 Å². The van der Waals surface area contributed by atoms with Gasteiger partial charge < -0.3 is 14.2 Å². The topological polar surface area (TPSA) is 32.5 Å². The van der Waals surface area contributed by atoms with Crippen molar-refractivity contribution in [3.05, 3.63) is 200 Å². The molecule has 10 rings (SSSR count). The summed E-state index contributed by atoms with van der Waals surface area (Å²) in [7, 11) is 0. The summed E-state index contributed by atoms with van der Waals surface area (Å²) >= 11 is 0. The standard InChI is InChI=1S/C49H33N3O/c1-4-16-36(17-5-1)49-50-47-46(52(41-22-8-3-9-23-41)44-27-25-35-15-11-13-19-38(35)31-44)33-39-32-43(28-29-45(39)48(47)53-49)51(40-20-6-2-7-21-40)42-26-24-34-14-10-12-18-37(34)30-42/h1-33H. The maximum absolute atomic E-state index is 6.77. The second-order valence-electron chi connectivity index (χ2n) is 13.3. The number of anilines is 6. The molecule has 0 saturated carbocycles. The van der Waals surface area contributed by atoms with Crippen molar-refractivity contribution in [2.75, 3.05) is 9.80 Å². The molecule has 0 atom stereocenters. The molecule has 0 fully saturated rings. The zero-order valence-electron chi connectivity index (χ0n) is 28.8. The number of fused-ring (bicyclic) bond motifs is 5. The summed E-state index contributed by atoms with van der Waals surface area (Å²) in [5, 5.41) is 6.82. The van der Waals surface area contributed by atoms with Gasteiger partial charge in [-0.15, -0.1) is 0 Å². The molecule has 0 radical (unpaired) electrons. The maximum Gasteiger partial charge on any atom is 0.227 e. The number of hydrogen-bond donors (Lipinski definition) is 0. The largest absolute Gasteiger partial charge is 0.435 e. The van der Waals surface area contributed by atoms with Gasteiger partial charge in [-0.3, -0.25) is 0 Å². The van der Waals surface area contributed by atoms with E-state index in [0.717, 1.165) is 61.6 Å². The van der Waals surface area contributed by atoms with E-state index in [1.807, 2.05) is 30.3 Å². The molecule has 4 nitrogen and oxygen atoms in total. The fourth-order valence-electron chi connectivity index (χ4n) is 7.44. The minimum absolute atomic E-state index is 0.590. The van der Waals surface area contributed by atoms with E-state index in [4.69, 9.17) is 9.40 Å². The van der Waals surface area contributed by atoms with Crippen molar-refractivity contribution in [2.24, 2.45) is 0 Å². The van der Waals surface area contributed by atoms with E-state index in [-0.39, 0.29) is 0 Å². The Hall–Kier alpha value is -7.17. The van der Waals surface area contributed by atoms with Crippen molar-refractivity contribution >= 4 is 77.5 Å².